The molecule has 2 rings (SSSR count). The number of hydrogen-bond donors (Lipinski definition) is 1. The molecule has 0 aromatic heterocycles. The lowest BCUT2D eigenvalue weighted by Crippen LogP contribution is -2.31. The summed E-state index contributed by atoms with van der Waals surface area (Å²) in [7, 11) is -3.72. The first kappa shape index (κ1) is 18.0. The van der Waals surface area contributed by atoms with Crippen molar-refractivity contribution in [2.45, 2.75) is 23.7 Å². The number of sulfonamides is 1. The maximum absolute atomic E-state index is 12.2. The van der Waals surface area contributed by atoms with Crippen molar-refractivity contribution in [2.75, 3.05) is 13.1 Å². The molecule has 0 spiro atoms. The number of rotatable bonds is 3. The Hall–Kier alpha value is -1.03. The van der Waals surface area contributed by atoms with Crippen molar-refractivity contribution < 1.29 is 26.3 Å². The second-order valence-electron chi connectivity index (χ2n) is 4.43. The summed E-state index contributed by atoms with van der Waals surface area (Å²) in [6, 6.07) is 3.89. The second kappa shape index (κ2) is 6.39. The Bertz CT molecular complexity index is 577. The third-order valence-electron chi connectivity index (χ3n) is 2.88. The van der Waals surface area contributed by atoms with E-state index >= 15 is 0 Å². The van der Waals surface area contributed by atoms with Crippen molar-refractivity contribution in [1.29, 1.82) is 0 Å². The quantitative estimate of drug-likeness (QED) is 0.904. The van der Waals surface area contributed by atoms with Gasteiger partial charge in [0, 0.05) is 19.1 Å². The standard InChI is InChI=1S/C11H13F3N2O3S.ClH/c12-11(13,14)19-9-1-3-10(4-2-9)20(17,18)16-6-5-8(15)7-16;/h1-4,8H,5-7,15H2;1H/t8-;/m1./s1. The van der Waals surface area contributed by atoms with Crippen LogP contribution in [0.15, 0.2) is 29.2 Å². The van der Waals surface area contributed by atoms with Gasteiger partial charge in [-0.2, -0.15) is 4.31 Å². The Kier molecular flexibility index (Phi) is 5.48. The summed E-state index contributed by atoms with van der Waals surface area (Å²) in [6.07, 6.45) is -4.24. The molecule has 1 atom stereocenters. The molecule has 1 saturated heterocycles. The molecule has 0 radical (unpaired) electrons. The van der Waals surface area contributed by atoms with Crippen molar-refractivity contribution in [3.05, 3.63) is 24.3 Å². The summed E-state index contributed by atoms with van der Waals surface area (Å²) in [5.41, 5.74) is 5.64. The minimum Gasteiger partial charge on any atom is -0.406 e. The van der Waals surface area contributed by atoms with E-state index in [9.17, 15) is 21.6 Å². The van der Waals surface area contributed by atoms with Crippen LogP contribution >= 0.6 is 12.4 Å². The van der Waals surface area contributed by atoms with Crippen molar-refractivity contribution >= 4 is 22.4 Å². The summed E-state index contributed by atoms with van der Waals surface area (Å²) in [5, 5.41) is 0. The number of hydrogen-bond acceptors (Lipinski definition) is 4. The minimum atomic E-state index is -4.80. The van der Waals surface area contributed by atoms with E-state index in [2.05, 4.69) is 4.74 Å². The lowest BCUT2D eigenvalue weighted by Gasteiger charge is -2.16. The highest BCUT2D eigenvalue weighted by Crippen LogP contribution is 2.26. The van der Waals surface area contributed by atoms with E-state index in [4.69, 9.17) is 5.73 Å². The van der Waals surface area contributed by atoms with Crippen LogP contribution in [0.5, 0.6) is 5.75 Å². The molecule has 1 fully saturated rings. The Labute approximate surface area is 126 Å². The Morgan fingerprint density at radius 2 is 1.81 bits per heavy atom. The van der Waals surface area contributed by atoms with E-state index < -0.39 is 22.1 Å². The topological polar surface area (TPSA) is 72.6 Å². The Morgan fingerprint density at radius 3 is 2.24 bits per heavy atom. The van der Waals surface area contributed by atoms with Gasteiger partial charge in [-0.25, -0.2) is 8.42 Å². The van der Waals surface area contributed by atoms with Crippen molar-refractivity contribution in [3.8, 4) is 5.75 Å². The molecular weight excluding hydrogens is 333 g/mol. The van der Waals surface area contributed by atoms with Crippen LogP contribution in [0.25, 0.3) is 0 Å². The van der Waals surface area contributed by atoms with Gasteiger partial charge in [0.2, 0.25) is 10.0 Å². The number of benzene rings is 1. The smallest absolute Gasteiger partial charge is 0.406 e. The fourth-order valence-electron chi connectivity index (χ4n) is 1.93. The van der Waals surface area contributed by atoms with Crippen molar-refractivity contribution in [1.82, 2.24) is 4.31 Å². The molecule has 5 nitrogen and oxygen atoms in total. The normalized spacial score (nSPS) is 20.1. The molecule has 1 aromatic rings. The summed E-state index contributed by atoms with van der Waals surface area (Å²) in [6.45, 7) is 0.521. The number of nitrogens with zero attached hydrogens (tertiary/aromatic N) is 1. The Morgan fingerprint density at radius 1 is 1.24 bits per heavy atom. The van der Waals surface area contributed by atoms with Gasteiger partial charge in [-0.05, 0) is 30.7 Å². The predicted molar refractivity (Wildman–Crippen MR) is 71.7 cm³/mol. The average Bonchev–Trinajstić information content (AvgIpc) is 2.75. The zero-order valence-electron chi connectivity index (χ0n) is 10.7. The highest BCUT2D eigenvalue weighted by Gasteiger charge is 2.33. The summed E-state index contributed by atoms with van der Waals surface area (Å²) in [4.78, 5) is -0.0823. The lowest BCUT2D eigenvalue weighted by molar-refractivity contribution is -0.274. The number of ether oxygens (including phenoxy) is 1. The minimum absolute atomic E-state index is 0. The van der Waals surface area contributed by atoms with Crippen LogP contribution in [0.1, 0.15) is 6.42 Å². The molecule has 10 heteroatoms. The average molecular weight is 347 g/mol. The van der Waals surface area contributed by atoms with Gasteiger partial charge in [-0.3, -0.25) is 0 Å². The van der Waals surface area contributed by atoms with Gasteiger partial charge in [0.15, 0.2) is 0 Å². The number of alkyl halides is 3. The fraction of sp³-hybridized carbons (Fsp3) is 0.455. The molecule has 1 aromatic carbocycles. The zero-order chi connectivity index (χ0) is 15.0. The zero-order valence-corrected chi connectivity index (χ0v) is 12.3. The van der Waals surface area contributed by atoms with Crippen molar-refractivity contribution in [2.24, 2.45) is 5.73 Å². The first-order valence-corrected chi connectivity index (χ1v) is 7.24. The van der Waals surface area contributed by atoms with Crippen LogP contribution in [-0.2, 0) is 10.0 Å². The highest BCUT2D eigenvalue weighted by atomic mass is 35.5. The van der Waals surface area contributed by atoms with E-state index in [0.717, 1.165) is 24.3 Å². The van der Waals surface area contributed by atoms with E-state index in [1.165, 1.54) is 4.31 Å². The molecular formula is C11H14ClF3N2O3S. The second-order valence-corrected chi connectivity index (χ2v) is 6.37. The van der Waals surface area contributed by atoms with Crippen LogP contribution in [0.3, 0.4) is 0 Å². The molecule has 1 aliphatic rings. The van der Waals surface area contributed by atoms with Gasteiger partial charge in [0.25, 0.3) is 0 Å². The molecule has 1 aliphatic heterocycles. The molecule has 1 heterocycles. The van der Waals surface area contributed by atoms with E-state index in [1.807, 2.05) is 0 Å². The molecule has 0 saturated carbocycles. The number of nitrogens with two attached hydrogens (primary N) is 1. The molecule has 21 heavy (non-hydrogen) atoms. The first-order valence-electron chi connectivity index (χ1n) is 5.80. The lowest BCUT2D eigenvalue weighted by atomic mass is 10.3. The van der Waals surface area contributed by atoms with Gasteiger partial charge in [-0.1, -0.05) is 0 Å². The van der Waals surface area contributed by atoms with E-state index in [1.54, 1.807) is 0 Å². The molecule has 0 bridgehead atoms. The maximum Gasteiger partial charge on any atom is 0.573 e. The number of halogens is 4. The summed E-state index contributed by atoms with van der Waals surface area (Å²) >= 11 is 0. The van der Waals surface area contributed by atoms with Crippen LogP contribution in [0.2, 0.25) is 0 Å². The predicted octanol–water partition coefficient (Wildman–Crippen LogP) is 1.73. The third-order valence-corrected chi connectivity index (χ3v) is 4.76. The summed E-state index contributed by atoms with van der Waals surface area (Å²) < 4.78 is 65.3. The highest BCUT2D eigenvalue weighted by molar-refractivity contribution is 7.89. The van der Waals surface area contributed by atoms with Gasteiger partial charge in [0.1, 0.15) is 5.75 Å². The largest absolute Gasteiger partial charge is 0.573 e. The first-order chi connectivity index (χ1) is 9.18. The molecule has 0 aliphatic carbocycles. The van der Waals surface area contributed by atoms with E-state index in [0.29, 0.717) is 13.0 Å². The molecule has 0 amide bonds. The van der Waals surface area contributed by atoms with Crippen molar-refractivity contribution in [3.63, 3.8) is 0 Å². The van der Waals surface area contributed by atoms with E-state index in [-0.39, 0.29) is 29.9 Å². The van der Waals surface area contributed by atoms with Crippen LogP contribution < -0.4 is 10.5 Å². The van der Waals surface area contributed by atoms with Gasteiger partial charge in [-0.15, -0.1) is 25.6 Å². The Balaban J connectivity index is 0.00000220. The van der Waals surface area contributed by atoms with Gasteiger partial charge in [0.05, 0.1) is 4.90 Å². The molecule has 0 unspecified atom stereocenters. The monoisotopic (exact) mass is 346 g/mol. The van der Waals surface area contributed by atoms with Crippen LogP contribution in [0.4, 0.5) is 13.2 Å². The van der Waals surface area contributed by atoms with Crippen LogP contribution in [0, 0.1) is 0 Å². The van der Waals surface area contributed by atoms with Gasteiger partial charge < -0.3 is 10.5 Å². The SMILES string of the molecule is Cl.N[C@@H]1CCN(S(=O)(=O)c2ccc(OC(F)(F)F)cc2)C1. The third kappa shape index (κ3) is 4.47. The maximum atomic E-state index is 12.2. The van der Waals surface area contributed by atoms with Crippen LogP contribution in [-0.4, -0.2) is 38.2 Å². The molecule has 2 N–H and O–H groups in total. The fourth-order valence-corrected chi connectivity index (χ4v) is 3.45. The van der Waals surface area contributed by atoms with Gasteiger partial charge >= 0.3 is 6.36 Å². The summed E-state index contributed by atoms with van der Waals surface area (Å²) in [5.74, 6) is -0.463. The molecule has 120 valence electrons.